The predicted molar refractivity (Wildman–Crippen MR) is 106 cm³/mol. The molecule has 3 nitrogen and oxygen atoms in total. The van der Waals surface area contributed by atoms with E-state index < -0.39 is 0 Å². The molecule has 26 heavy (non-hydrogen) atoms. The Labute approximate surface area is 183 Å². The van der Waals surface area contributed by atoms with E-state index in [4.69, 9.17) is 23.2 Å². The van der Waals surface area contributed by atoms with Crippen LogP contribution in [0.3, 0.4) is 0 Å². The summed E-state index contributed by atoms with van der Waals surface area (Å²) in [6.07, 6.45) is 0. The highest BCUT2D eigenvalue weighted by atomic mass is 127. The summed E-state index contributed by atoms with van der Waals surface area (Å²) < 4.78 is 0.868. The number of fused-ring (bicyclic) bond motifs is 1. The van der Waals surface area contributed by atoms with E-state index in [1.807, 2.05) is 24.3 Å². The van der Waals surface area contributed by atoms with E-state index in [0.29, 0.717) is 5.02 Å². The Hall–Kier alpha value is -0.820. The quantitative estimate of drug-likeness (QED) is 0.491. The fraction of sp³-hybridized carbons (Fsp3) is 0.350. The Balaban J connectivity index is 0.00000169. The van der Waals surface area contributed by atoms with E-state index in [9.17, 15) is 4.79 Å². The number of hydrogen-bond acceptors (Lipinski definition) is 1. The van der Waals surface area contributed by atoms with Crippen LogP contribution in [0.25, 0.3) is 0 Å². The second-order valence-electron chi connectivity index (χ2n) is 7.09. The largest absolute Gasteiger partial charge is 1.00 e. The van der Waals surface area contributed by atoms with Crippen molar-refractivity contribution in [2.45, 2.75) is 26.8 Å². The molecule has 3 rings (SSSR count). The second-order valence-corrected chi connectivity index (χ2v) is 7.93. The number of anilines is 1. The molecule has 2 aromatic rings. The van der Waals surface area contributed by atoms with Gasteiger partial charge in [0.15, 0.2) is 0 Å². The van der Waals surface area contributed by atoms with Gasteiger partial charge in [-0.25, -0.2) is 0 Å². The van der Waals surface area contributed by atoms with Gasteiger partial charge in [0.25, 0.3) is 0 Å². The van der Waals surface area contributed by atoms with E-state index in [-0.39, 0.29) is 43.2 Å². The van der Waals surface area contributed by atoms with Gasteiger partial charge >= 0.3 is 0 Å². The van der Waals surface area contributed by atoms with Gasteiger partial charge in [-0.05, 0) is 35.4 Å². The molecule has 1 heterocycles. The average Bonchev–Trinajstić information content (AvgIpc) is 2.47. The first-order chi connectivity index (χ1) is 11.2. The number of benzene rings is 2. The van der Waals surface area contributed by atoms with Gasteiger partial charge in [-0.15, -0.1) is 0 Å². The zero-order valence-corrected chi connectivity index (χ0v) is 18.1. The van der Waals surface area contributed by atoms with Crippen LogP contribution >= 0.6 is 23.2 Å². The van der Waals surface area contributed by atoms with Crippen LogP contribution in [0.1, 0.15) is 37.0 Å². The van der Waals surface area contributed by atoms with Crippen molar-refractivity contribution in [3.8, 4) is 0 Å². The standard InChI is InChI=1S/C19H20Cl2N2O.CH4.HI/c1-12(24)22-15-6-4-13(5-7-15)17-10-23(2,3)11-18-16(17)8-14(20)9-19(18)21;;/h4-9,17H,10-11H2,1-3H3;1H4;1H. The highest BCUT2D eigenvalue weighted by molar-refractivity contribution is 6.35. The number of nitrogens with zero attached hydrogens (tertiary/aromatic N) is 1. The van der Waals surface area contributed by atoms with Crippen molar-refractivity contribution >= 4 is 34.8 Å². The van der Waals surface area contributed by atoms with Gasteiger partial charge < -0.3 is 33.8 Å². The molecule has 1 unspecified atom stereocenters. The van der Waals surface area contributed by atoms with Crippen LogP contribution in [0, 0.1) is 0 Å². The maximum Gasteiger partial charge on any atom is 0.221 e. The molecule has 1 atom stereocenters. The topological polar surface area (TPSA) is 29.1 Å². The minimum absolute atomic E-state index is 0. The summed E-state index contributed by atoms with van der Waals surface area (Å²) in [5, 5.41) is 4.21. The summed E-state index contributed by atoms with van der Waals surface area (Å²) in [4.78, 5) is 11.2. The number of rotatable bonds is 2. The first kappa shape index (κ1) is 23.2. The summed E-state index contributed by atoms with van der Waals surface area (Å²) >= 11 is 12.7. The van der Waals surface area contributed by atoms with Gasteiger partial charge in [-0.3, -0.25) is 4.79 Å². The Kier molecular flexibility index (Phi) is 7.96. The molecule has 1 aliphatic heterocycles. The van der Waals surface area contributed by atoms with Gasteiger partial charge in [0.2, 0.25) is 5.91 Å². The molecular formula is C20H25Cl2IN2O. The fourth-order valence-corrected chi connectivity index (χ4v) is 4.04. The number of amides is 1. The van der Waals surface area contributed by atoms with Crippen LogP contribution in [-0.4, -0.2) is 31.0 Å². The SMILES string of the molecule is C.CC(=O)Nc1ccc(C2C[N+](C)(C)Cc3c(Cl)cc(Cl)cc32)cc1.[I-]. The minimum atomic E-state index is -0.0675. The lowest BCUT2D eigenvalue weighted by molar-refractivity contribution is -0.906. The molecule has 0 fully saturated rings. The lowest BCUT2D eigenvalue weighted by Crippen LogP contribution is -3.00. The van der Waals surface area contributed by atoms with Gasteiger partial charge in [-0.2, -0.15) is 0 Å². The fourth-order valence-electron chi connectivity index (χ4n) is 3.47. The Morgan fingerprint density at radius 1 is 1.15 bits per heavy atom. The second kappa shape index (κ2) is 8.91. The Morgan fingerprint density at radius 3 is 2.35 bits per heavy atom. The monoisotopic (exact) mass is 506 g/mol. The molecular weight excluding hydrogens is 482 g/mol. The van der Waals surface area contributed by atoms with Crippen molar-refractivity contribution < 1.29 is 33.3 Å². The molecule has 0 spiro atoms. The molecule has 0 bridgehead atoms. The molecule has 0 saturated carbocycles. The first-order valence-corrected chi connectivity index (χ1v) is 8.68. The molecule has 1 amide bonds. The lowest BCUT2D eigenvalue weighted by atomic mass is 9.83. The van der Waals surface area contributed by atoms with Gasteiger partial charge in [0.1, 0.15) is 6.54 Å². The number of carbonyl (C=O) groups is 1. The smallest absolute Gasteiger partial charge is 0.221 e. The highest BCUT2D eigenvalue weighted by Gasteiger charge is 2.34. The molecule has 0 radical (unpaired) electrons. The molecule has 0 aromatic heterocycles. The third kappa shape index (κ3) is 5.12. The Morgan fingerprint density at radius 2 is 1.77 bits per heavy atom. The molecule has 1 N–H and O–H groups in total. The van der Waals surface area contributed by atoms with E-state index in [2.05, 4.69) is 31.5 Å². The predicted octanol–water partition coefficient (Wildman–Crippen LogP) is 2.31. The third-order valence-corrected chi connectivity index (χ3v) is 5.02. The van der Waals surface area contributed by atoms with Crippen molar-refractivity contribution in [1.82, 2.24) is 0 Å². The molecule has 1 aliphatic rings. The van der Waals surface area contributed by atoms with Gasteiger partial charge in [-0.1, -0.05) is 42.8 Å². The molecule has 142 valence electrons. The van der Waals surface area contributed by atoms with Gasteiger partial charge in [0, 0.05) is 23.2 Å². The summed E-state index contributed by atoms with van der Waals surface area (Å²) in [5.41, 5.74) is 4.39. The van der Waals surface area contributed by atoms with Crippen molar-refractivity contribution in [2.75, 3.05) is 26.0 Å². The maximum absolute atomic E-state index is 11.2. The van der Waals surface area contributed by atoms with E-state index in [0.717, 1.165) is 28.3 Å². The Bertz CT molecular complexity index is 791. The number of likely N-dealkylation sites (N-methyl/N-ethyl adjacent to an activating group) is 1. The number of nitrogens with one attached hydrogen (secondary N) is 1. The number of carbonyl (C=O) groups excluding carboxylic acids is 1. The van der Waals surface area contributed by atoms with Crippen LogP contribution in [-0.2, 0) is 11.3 Å². The summed E-state index contributed by atoms with van der Waals surface area (Å²) in [7, 11) is 4.43. The van der Waals surface area contributed by atoms with Crippen LogP contribution < -0.4 is 29.3 Å². The normalized spacial score (nSPS) is 17.3. The van der Waals surface area contributed by atoms with Crippen LogP contribution in [0.4, 0.5) is 5.69 Å². The summed E-state index contributed by atoms with van der Waals surface area (Å²) in [6.45, 7) is 3.38. The van der Waals surface area contributed by atoms with Crippen molar-refractivity contribution in [1.29, 1.82) is 0 Å². The van der Waals surface area contributed by atoms with Gasteiger partial charge in [0.05, 0.1) is 31.6 Å². The van der Waals surface area contributed by atoms with Crippen LogP contribution in [0.5, 0.6) is 0 Å². The molecule has 6 heteroatoms. The van der Waals surface area contributed by atoms with E-state index in [1.54, 1.807) is 0 Å². The minimum Gasteiger partial charge on any atom is -1.00 e. The lowest BCUT2D eigenvalue weighted by Gasteiger charge is -2.40. The third-order valence-electron chi connectivity index (χ3n) is 4.47. The maximum atomic E-state index is 11.2. The average molecular weight is 507 g/mol. The molecule has 0 aliphatic carbocycles. The van der Waals surface area contributed by atoms with Crippen LogP contribution in [0.15, 0.2) is 36.4 Å². The summed E-state index contributed by atoms with van der Waals surface area (Å²) in [6, 6.07) is 11.9. The highest BCUT2D eigenvalue weighted by Crippen LogP contribution is 2.40. The van der Waals surface area contributed by atoms with Crippen molar-refractivity contribution in [3.05, 3.63) is 63.1 Å². The van der Waals surface area contributed by atoms with Crippen molar-refractivity contribution in [2.24, 2.45) is 0 Å². The van der Waals surface area contributed by atoms with Crippen LogP contribution in [0.2, 0.25) is 10.0 Å². The zero-order chi connectivity index (χ0) is 17.5. The zero-order valence-electron chi connectivity index (χ0n) is 14.4. The molecule has 2 aromatic carbocycles. The number of hydrogen-bond donors (Lipinski definition) is 1. The number of halogens is 3. The van der Waals surface area contributed by atoms with E-state index in [1.165, 1.54) is 23.6 Å². The molecule has 0 saturated heterocycles. The summed E-state index contributed by atoms with van der Waals surface area (Å²) in [5.74, 6) is 0.161. The number of quaternary nitrogens is 1. The van der Waals surface area contributed by atoms with E-state index >= 15 is 0 Å². The first-order valence-electron chi connectivity index (χ1n) is 7.92. The van der Waals surface area contributed by atoms with Crippen molar-refractivity contribution in [3.63, 3.8) is 0 Å².